The van der Waals surface area contributed by atoms with Gasteiger partial charge in [-0.15, -0.1) is 0 Å². The summed E-state index contributed by atoms with van der Waals surface area (Å²) < 4.78 is 15.7. The minimum atomic E-state index is -0.271. The van der Waals surface area contributed by atoms with Crippen molar-refractivity contribution in [2.24, 2.45) is 0 Å². The second kappa shape index (κ2) is 6.52. The van der Waals surface area contributed by atoms with Gasteiger partial charge in [0.15, 0.2) is 6.29 Å². The van der Waals surface area contributed by atoms with Crippen molar-refractivity contribution in [2.45, 2.75) is 26.1 Å². The van der Waals surface area contributed by atoms with Crippen LogP contribution in [-0.4, -0.2) is 32.1 Å². The fraction of sp³-hybridized carbons (Fsp3) is 0.500. The summed E-state index contributed by atoms with van der Waals surface area (Å²) in [6, 6.07) is 7.51. The van der Waals surface area contributed by atoms with Gasteiger partial charge in [0, 0.05) is 6.42 Å². The summed E-state index contributed by atoms with van der Waals surface area (Å²) >= 11 is 0. The van der Waals surface area contributed by atoms with E-state index in [1.54, 1.807) is 13.0 Å². The Balaban J connectivity index is 1.91. The highest BCUT2D eigenvalue weighted by Gasteiger charge is 2.15. The quantitative estimate of drug-likeness (QED) is 0.751. The van der Waals surface area contributed by atoms with Crippen molar-refractivity contribution in [1.82, 2.24) is 0 Å². The molecule has 1 aliphatic heterocycles. The van der Waals surface area contributed by atoms with E-state index in [0.717, 1.165) is 18.4 Å². The molecule has 1 aromatic carbocycles. The minimum absolute atomic E-state index is 0.101. The number of carbonyl (C=O) groups is 1. The topological polar surface area (TPSA) is 44.8 Å². The van der Waals surface area contributed by atoms with Crippen LogP contribution in [0.5, 0.6) is 0 Å². The molecule has 1 aliphatic rings. The third-order valence-corrected chi connectivity index (χ3v) is 2.80. The Hall–Kier alpha value is -1.39. The van der Waals surface area contributed by atoms with Gasteiger partial charge >= 0.3 is 5.97 Å². The number of aryl methyl sites for hydroxylation is 1. The van der Waals surface area contributed by atoms with E-state index in [4.69, 9.17) is 14.2 Å². The van der Waals surface area contributed by atoms with E-state index in [1.165, 1.54) is 0 Å². The fourth-order valence-electron chi connectivity index (χ4n) is 1.93. The summed E-state index contributed by atoms with van der Waals surface area (Å²) in [5, 5.41) is 0. The predicted octanol–water partition coefficient (Wildman–Crippen LogP) is 2.17. The lowest BCUT2D eigenvalue weighted by Crippen LogP contribution is -2.09. The number of carbonyl (C=O) groups excluding carboxylic acids is 1. The van der Waals surface area contributed by atoms with Gasteiger partial charge in [0.1, 0.15) is 0 Å². The normalized spacial score (nSPS) is 15.8. The van der Waals surface area contributed by atoms with Gasteiger partial charge in [-0.1, -0.05) is 12.1 Å². The molecule has 1 fully saturated rings. The van der Waals surface area contributed by atoms with Crippen molar-refractivity contribution in [1.29, 1.82) is 0 Å². The Morgan fingerprint density at radius 3 is 2.89 bits per heavy atom. The highest BCUT2D eigenvalue weighted by molar-refractivity contribution is 5.89. The SMILES string of the molecule is CCOC(=O)c1cccc(CCC2OCCO2)c1. The van der Waals surface area contributed by atoms with Crippen molar-refractivity contribution in [3.63, 3.8) is 0 Å². The van der Waals surface area contributed by atoms with Gasteiger partial charge in [-0.25, -0.2) is 4.79 Å². The number of ether oxygens (including phenoxy) is 3. The number of benzene rings is 1. The number of rotatable bonds is 5. The molecule has 4 nitrogen and oxygen atoms in total. The van der Waals surface area contributed by atoms with Gasteiger partial charge in [0.2, 0.25) is 0 Å². The lowest BCUT2D eigenvalue weighted by molar-refractivity contribution is -0.0461. The summed E-state index contributed by atoms with van der Waals surface area (Å²) in [6.07, 6.45) is 1.54. The zero-order valence-electron chi connectivity index (χ0n) is 10.6. The van der Waals surface area contributed by atoms with Crippen molar-refractivity contribution < 1.29 is 19.0 Å². The van der Waals surface area contributed by atoms with Crippen LogP contribution in [0.25, 0.3) is 0 Å². The summed E-state index contributed by atoms with van der Waals surface area (Å²) in [4.78, 5) is 11.6. The summed E-state index contributed by atoms with van der Waals surface area (Å²) in [5.74, 6) is -0.271. The van der Waals surface area contributed by atoms with E-state index >= 15 is 0 Å². The maximum atomic E-state index is 11.6. The zero-order valence-corrected chi connectivity index (χ0v) is 10.6. The van der Waals surface area contributed by atoms with E-state index in [-0.39, 0.29) is 12.3 Å². The highest BCUT2D eigenvalue weighted by Crippen LogP contribution is 2.14. The Morgan fingerprint density at radius 2 is 2.17 bits per heavy atom. The van der Waals surface area contributed by atoms with Crippen LogP contribution in [0.2, 0.25) is 0 Å². The van der Waals surface area contributed by atoms with Gasteiger partial charge in [0.25, 0.3) is 0 Å². The second-order valence-electron chi connectivity index (χ2n) is 4.13. The van der Waals surface area contributed by atoms with Crippen molar-refractivity contribution in [3.05, 3.63) is 35.4 Å². The monoisotopic (exact) mass is 250 g/mol. The van der Waals surface area contributed by atoms with Gasteiger partial charge < -0.3 is 14.2 Å². The van der Waals surface area contributed by atoms with Gasteiger partial charge in [-0.05, 0) is 31.0 Å². The molecule has 0 N–H and O–H groups in total. The fourth-order valence-corrected chi connectivity index (χ4v) is 1.93. The number of hydrogen-bond acceptors (Lipinski definition) is 4. The first kappa shape index (κ1) is 13.1. The molecule has 0 saturated carbocycles. The molecule has 0 bridgehead atoms. The smallest absolute Gasteiger partial charge is 0.338 e. The molecule has 18 heavy (non-hydrogen) atoms. The van der Waals surface area contributed by atoms with Crippen LogP contribution in [0.4, 0.5) is 0 Å². The third-order valence-electron chi connectivity index (χ3n) is 2.80. The molecule has 4 heteroatoms. The molecule has 0 aliphatic carbocycles. The maximum absolute atomic E-state index is 11.6. The van der Waals surface area contributed by atoms with E-state index in [9.17, 15) is 4.79 Å². The summed E-state index contributed by atoms with van der Waals surface area (Å²) in [6.45, 7) is 3.55. The maximum Gasteiger partial charge on any atom is 0.338 e. The first-order chi connectivity index (χ1) is 8.79. The summed E-state index contributed by atoms with van der Waals surface area (Å²) in [7, 11) is 0. The van der Waals surface area contributed by atoms with Gasteiger partial charge in [-0.3, -0.25) is 0 Å². The molecular formula is C14H18O4. The largest absolute Gasteiger partial charge is 0.462 e. The second-order valence-corrected chi connectivity index (χ2v) is 4.13. The van der Waals surface area contributed by atoms with E-state index in [1.807, 2.05) is 18.2 Å². The molecule has 0 atom stereocenters. The van der Waals surface area contributed by atoms with Crippen LogP contribution < -0.4 is 0 Å². The van der Waals surface area contributed by atoms with Crippen molar-refractivity contribution >= 4 is 5.97 Å². The molecule has 1 heterocycles. The van der Waals surface area contributed by atoms with E-state index in [2.05, 4.69) is 0 Å². The number of hydrogen-bond donors (Lipinski definition) is 0. The average Bonchev–Trinajstić information content (AvgIpc) is 2.90. The van der Waals surface area contributed by atoms with Crippen LogP contribution >= 0.6 is 0 Å². The van der Waals surface area contributed by atoms with Gasteiger partial charge in [0.05, 0.1) is 25.4 Å². The summed E-state index contributed by atoms with van der Waals surface area (Å²) in [5.41, 5.74) is 1.70. The van der Waals surface area contributed by atoms with Crippen LogP contribution in [0.1, 0.15) is 29.3 Å². The molecule has 0 radical (unpaired) electrons. The molecule has 1 aromatic rings. The number of esters is 1. The van der Waals surface area contributed by atoms with Crippen LogP contribution in [0.15, 0.2) is 24.3 Å². The highest BCUT2D eigenvalue weighted by atomic mass is 16.7. The van der Waals surface area contributed by atoms with Crippen LogP contribution in [-0.2, 0) is 20.6 Å². The van der Waals surface area contributed by atoms with Crippen molar-refractivity contribution in [2.75, 3.05) is 19.8 Å². The molecule has 0 aromatic heterocycles. The molecule has 0 spiro atoms. The zero-order chi connectivity index (χ0) is 12.8. The van der Waals surface area contributed by atoms with E-state index < -0.39 is 0 Å². The van der Waals surface area contributed by atoms with Gasteiger partial charge in [-0.2, -0.15) is 0 Å². The Bertz CT molecular complexity index is 397. The molecule has 98 valence electrons. The molecule has 1 saturated heterocycles. The molecule has 2 rings (SSSR count). The first-order valence-corrected chi connectivity index (χ1v) is 6.29. The Kier molecular flexibility index (Phi) is 4.73. The lowest BCUT2D eigenvalue weighted by Gasteiger charge is -2.09. The Morgan fingerprint density at radius 1 is 1.39 bits per heavy atom. The Labute approximate surface area is 107 Å². The lowest BCUT2D eigenvalue weighted by atomic mass is 10.1. The average molecular weight is 250 g/mol. The third kappa shape index (κ3) is 3.55. The van der Waals surface area contributed by atoms with Crippen LogP contribution in [0.3, 0.4) is 0 Å². The molecule has 0 unspecified atom stereocenters. The predicted molar refractivity (Wildman–Crippen MR) is 66.4 cm³/mol. The first-order valence-electron chi connectivity index (χ1n) is 6.29. The van der Waals surface area contributed by atoms with Crippen LogP contribution in [0, 0.1) is 0 Å². The molecule has 0 amide bonds. The molecular weight excluding hydrogens is 232 g/mol. The van der Waals surface area contributed by atoms with Crippen molar-refractivity contribution in [3.8, 4) is 0 Å². The minimum Gasteiger partial charge on any atom is -0.462 e. The van der Waals surface area contributed by atoms with E-state index in [0.29, 0.717) is 25.4 Å². The standard InChI is InChI=1S/C14H18O4/c1-2-16-14(15)12-5-3-4-11(10-12)6-7-13-17-8-9-18-13/h3-5,10,13H,2,6-9H2,1H3.